The minimum Gasteiger partial charge on any atom is -0.310 e. The van der Waals surface area contributed by atoms with E-state index in [0.717, 1.165) is 5.69 Å². The van der Waals surface area contributed by atoms with Crippen LogP contribution in [0.1, 0.15) is 47.2 Å². The Bertz CT molecular complexity index is 3010. The van der Waals surface area contributed by atoms with Crippen molar-refractivity contribution >= 4 is 48.6 Å². The van der Waals surface area contributed by atoms with Crippen molar-refractivity contribution in [2.75, 3.05) is 4.90 Å². The molecule has 2 heteroatoms. The highest BCUT2D eigenvalue weighted by Gasteiger charge is 2.51. The lowest BCUT2D eigenvalue weighted by Gasteiger charge is -2.31. The van der Waals surface area contributed by atoms with Crippen molar-refractivity contribution < 1.29 is 0 Å². The Morgan fingerprint density at radius 2 is 0.815 bits per heavy atom. The van der Waals surface area contributed by atoms with Gasteiger partial charge in [-0.2, -0.15) is 0 Å². The smallest absolute Gasteiger partial charge is 0.0725 e. The Hall–Kier alpha value is -6.22. The molecule has 254 valence electrons. The van der Waals surface area contributed by atoms with Crippen LogP contribution >= 0.6 is 11.3 Å². The van der Waals surface area contributed by atoms with Gasteiger partial charge < -0.3 is 4.90 Å². The van der Waals surface area contributed by atoms with Gasteiger partial charge in [-0.25, -0.2) is 0 Å². The quantitative estimate of drug-likeness (QED) is 0.177. The lowest BCUT2D eigenvalue weighted by atomic mass is 9.70. The molecular formula is C52H35NS. The maximum absolute atomic E-state index is 2.49. The van der Waals surface area contributed by atoms with Crippen LogP contribution in [0.25, 0.3) is 53.6 Å². The topological polar surface area (TPSA) is 3.24 Å². The molecule has 0 saturated heterocycles. The summed E-state index contributed by atoms with van der Waals surface area (Å²) in [6, 6.07) is 66.4. The number of fused-ring (bicyclic) bond motifs is 16. The van der Waals surface area contributed by atoms with Gasteiger partial charge in [0.25, 0.3) is 0 Å². The third-order valence-electron chi connectivity index (χ3n) is 12.7. The fraction of sp³-hybridized carbons (Fsp3) is 0.0769. The van der Waals surface area contributed by atoms with Crippen LogP contribution in [0.3, 0.4) is 0 Å². The van der Waals surface area contributed by atoms with Gasteiger partial charge in [0.1, 0.15) is 0 Å². The Morgan fingerprint density at radius 3 is 1.52 bits per heavy atom. The zero-order valence-corrected chi connectivity index (χ0v) is 30.9. The molecule has 0 atom stereocenters. The fourth-order valence-electron chi connectivity index (χ4n) is 10.4. The maximum atomic E-state index is 2.49. The van der Waals surface area contributed by atoms with Crippen molar-refractivity contribution in [2.45, 2.75) is 24.7 Å². The van der Waals surface area contributed by atoms with Gasteiger partial charge in [0.2, 0.25) is 0 Å². The summed E-state index contributed by atoms with van der Waals surface area (Å²) in [4.78, 5) is 2.49. The molecule has 0 unspecified atom stereocenters. The highest BCUT2D eigenvalue weighted by atomic mass is 32.1. The Morgan fingerprint density at radius 1 is 0.352 bits per heavy atom. The zero-order chi connectivity index (χ0) is 35.8. The van der Waals surface area contributed by atoms with E-state index in [4.69, 9.17) is 0 Å². The lowest BCUT2D eigenvalue weighted by Crippen LogP contribution is -2.25. The third kappa shape index (κ3) is 3.78. The molecular weight excluding hydrogens is 671 g/mol. The van der Waals surface area contributed by atoms with Crippen molar-refractivity contribution in [3.05, 3.63) is 209 Å². The summed E-state index contributed by atoms with van der Waals surface area (Å²) in [6.07, 6.45) is 0. The Balaban J connectivity index is 1.11. The standard InChI is InChI=1S/C52H35NS/c1-51(2)43-18-8-3-13-35(43)39-26-23-33(30-48(39)51)53(34-24-27-41-40-17-7-12-22-49(40)54-50(41)31-34)32-25-28-47-42(29-32)38-16-6-11-21-46(38)52(47)44-19-9-4-14-36(44)37-15-5-10-20-45(37)52/h3-31H,1-2H3. The van der Waals surface area contributed by atoms with E-state index in [-0.39, 0.29) is 10.8 Å². The normalized spacial score (nSPS) is 14.8. The SMILES string of the molecule is CC1(C)c2ccccc2-c2ccc(N(c3ccc4c(c3)-c3ccccc3C43c4ccccc4-c4ccccc43)c3ccc4c(c3)sc3ccccc34)cc21. The van der Waals surface area contributed by atoms with Crippen LogP contribution in [-0.2, 0) is 10.8 Å². The first-order valence-electron chi connectivity index (χ1n) is 18.9. The molecule has 0 fully saturated rings. The van der Waals surface area contributed by atoms with Crippen LogP contribution in [0.4, 0.5) is 17.1 Å². The van der Waals surface area contributed by atoms with Crippen LogP contribution in [0, 0.1) is 0 Å². The first kappa shape index (κ1) is 30.3. The van der Waals surface area contributed by atoms with Gasteiger partial charge in [0.15, 0.2) is 0 Å². The van der Waals surface area contributed by atoms with Gasteiger partial charge in [-0.15, -0.1) is 11.3 Å². The molecule has 0 radical (unpaired) electrons. The van der Waals surface area contributed by atoms with Crippen LogP contribution in [-0.4, -0.2) is 0 Å². The van der Waals surface area contributed by atoms with Crippen LogP contribution in [0.2, 0.25) is 0 Å². The largest absolute Gasteiger partial charge is 0.310 e. The highest BCUT2D eigenvalue weighted by Crippen LogP contribution is 2.63. The average Bonchev–Trinajstić information content (AvgIpc) is 3.90. The molecule has 1 spiro atoms. The van der Waals surface area contributed by atoms with Crippen molar-refractivity contribution in [1.29, 1.82) is 0 Å². The fourth-order valence-corrected chi connectivity index (χ4v) is 11.5. The van der Waals surface area contributed by atoms with E-state index in [0.29, 0.717) is 0 Å². The predicted molar refractivity (Wildman–Crippen MR) is 228 cm³/mol. The highest BCUT2D eigenvalue weighted by molar-refractivity contribution is 7.25. The molecule has 3 aliphatic carbocycles. The molecule has 1 aromatic heterocycles. The zero-order valence-electron chi connectivity index (χ0n) is 30.1. The number of anilines is 3. The van der Waals surface area contributed by atoms with E-state index in [1.165, 1.54) is 98.3 Å². The summed E-state index contributed by atoms with van der Waals surface area (Å²) in [5.41, 5.74) is 19.2. The Kier molecular flexibility index (Phi) is 5.99. The molecule has 1 heterocycles. The summed E-state index contributed by atoms with van der Waals surface area (Å²) in [5.74, 6) is 0. The molecule has 0 aliphatic heterocycles. The van der Waals surface area contributed by atoms with E-state index in [1.807, 2.05) is 11.3 Å². The van der Waals surface area contributed by atoms with Crippen molar-refractivity contribution in [2.24, 2.45) is 0 Å². The molecule has 1 nitrogen and oxygen atoms in total. The average molecular weight is 706 g/mol. The lowest BCUT2D eigenvalue weighted by molar-refractivity contribution is 0.660. The molecule has 0 N–H and O–H groups in total. The summed E-state index contributed by atoms with van der Waals surface area (Å²) >= 11 is 1.88. The monoisotopic (exact) mass is 705 g/mol. The number of nitrogens with zero attached hydrogens (tertiary/aromatic N) is 1. The summed E-state index contributed by atoms with van der Waals surface area (Å²) in [7, 11) is 0. The van der Waals surface area contributed by atoms with Crippen LogP contribution in [0.5, 0.6) is 0 Å². The van der Waals surface area contributed by atoms with Crippen molar-refractivity contribution in [3.63, 3.8) is 0 Å². The first-order chi connectivity index (χ1) is 26.5. The number of thiophene rings is 1. The van der Waals surface area contributed by atoms with E-state index in [2.05, 4.69) is 195 Å². The number of hydrogen-bond donors (Lipinski definition) is 0. The number of rotatable bonds is 3. The van der Waals surface area contributed by atoms with Gasteiger partial charge in [-0.1, -0.05) is 147 Å². The van der Waals surface area contributed by atoms with E-state index in [9.17, 15) is 0 Å². The molecule has 0 saturated carbocycles. The minimum absolute atomic E-state index is 0.102. The molecule has 9 aromatic rings. The summed E-state index contributed by atoms with van der Waals surface area (Å²) < 4.78 is 2.63. The maximum Gasteiger partial charge on any atom is 0.0725 e. The van der Waals surface area contributed by atoms with Gasteiger partial charge in [0, 0.05) is 42.6 Å². The van der Waals surface area contributed by atoms with E-state index in [1.54, 1.807) is 0 Å². The third-order valence-corrected chi connectivity index (χ3v) is 13.8. The van der Waals surface area contributed by atoms with Gasteiger partial charge in [-0.05, 0) is 109 Å². The van der Waals surface area contributed by atoms with Gasteiger partial charge in [0.05, 0.1) is 5.41 Å². The van der Waals surface area contributed by atoms with Gasteiger partial charge in [-0.3, -0.25) is 0 Å². The van der Waals surface area contributed by atoms with E-state index < -0.39 is 0 Å². The number of benzene rings is 8. The Labute approximate surface area is 319 Å². The second kappa shape index (κ2) is 10.7. The van der Waals surface area contributed by atoms with Crippen molar-refractivity contribution in [3.8, 4) is 33.4 Å². The summed E-state index contributed by atoms with van der Waals surface area (Å²) in [6.45, 7) is 4.75. The molecule has 8 aromatic carbocycles. The first-order valence-corrected chi connectivity index (χ1v) is 19.7. The molecule has 0 bridgehead atoms. The van der Waals surface area contributed by atoms with Crippen molar-refractivity contribution in [1.82, 2.24) is 0 Å². The molecule has 54 heavy (non-hydrogen) atoms. The van der Waals surface area contributed by atoms with Gasteiger partial charge >= 0.3 is 0 Å². The predicted octanol–water partition coefficient (Wildman–Crippen LogP) is 14.2. The van der Waals surface area contributed by atoms with Crippen LogP contribution < -0.4 is 4.90 Å². The second-order valence-electron chi connectivity index (χ2n) is 15.6. The van der Waals surface area contributed by atoms with Crippen LogP contribution in [0.15, 0.2) is 176 Å². The van der Waals surface area contributed by atoms with E-state index >= 15 is 0 Å². The second-order valence-corrected chi connectivity index (χ2v) is 16.7. The molecule has 12 rings (SSSR count). The molecule has 0 amide bonds. The number of hydrogen-bond acceptors (Lipinski definition) is 2. The minimum atomic E-state index is -0.359. The summed E-state index contributed by atoms with van der Waals surface area (Å²) in [5, 5.41) is 2.64. The molecule has 3 aliphatic rings.